The van der Waals surface area contributed by atoms with Gasteiger partial charge in [0.15, 0.2) is 0 Å². The summed E-state index contributed by atoms with van der Waals surface area (Å²) >= 11 is 3.40. The molecule has 0 spiro atoms. The molecule has 0 bridgehead atoms. The van der Waals surface area contributed by atoms with Gasteiger partial charge < -0.3 is 10.1 Å². The van der Waals surface area contributed by atoms with Crippen molar-refractivity contribution in [1.82, 2.24) is 10.2 Å². The number of hydrogen-bond acceptors (Lipinski definition) is 3. The van der Waals surface area contributed by atoms with Gasteiger partial charge in [0.1, 0.15) is 5.82 Å². The van der Waals surface area contributed by atoms with Crippen LogP contribution >= 0.6 is 15.9 Å². The van der Waals surface area contributed by atoms with Crippen molar-refractivity contribution in [2.24, 2.45) is 0 Å². The van der Waals surface area contributed by atoms with Crippen LogP contribution in [-0.2, 0) is 4.74 Å². The van der Waals surface area contributed by atoms with Crippen molar-refractivity contribution in [3.8, 4) is 0 Å². The van der Waals surface area contributed by atoms with E-state index in [4.69, 9.17) is 4.74 Å². The van der Waals surface area contributed by atoms with Crippen molar-refractivity contribution in [3.63, 3.8) is 0 Å². The summed E-state index contributed by atoms with van der Waals surface area (Å²) in [4.78, 5) is 14.8. The number of amides is 1. The molecule has 1 aliphatic heterocycles. The van der Waals surface area contributed by atoms with Crippen molar-refractivity contribution >= 4 is 21.8 Å². The highest BCUT2D eigenvalue weighted by atomic mass is 79.9. The molecule has 2 aromatic carbocycles. The Labute approximate surface area is 155 Å². The highest BCUT2D eigenvalue weighted by molar-refractivity contribution is 9.10. The maximum Gasteiger partial charge on any atom is 0.252 e. The highest BCUT2D eigenvalue weighted by Crippen LogP contribution is 2.22. The van der Waals surface area contributed by atoms with E-state index in [2.05, 4.69) is 26.1 Å². The molecule has 0 aromatic heterocycles. The van der Waals surface area contributed by atoms with Crippen LogP contribution in [0.25, 0.3) is 0 Å². The van der Waals surface area contributed by atoms with Crippen LogP contribution in [0, 0.1) is 5.82 Å². The van der Waals surface area contributed by atoms with Crippen molar-refractivity contribution < 1.29 is 13.9 Å². The van der Waals surface area contributed by atoms with Gasteiger partial charge in [0.2, 0.25) is 0 Å². The van der Waals surface area contributed by atoms with Gasteiger partial charge in [-0.15, -0.1) is 0 Å². The quantitative estimate of drug-likeness (QED) is 0.827. The summed E-state index contributed by atoms with van der Waals surface area (Å²) in [6.07, 6.45) is 0. The number of halogens is 2. The maximum absolute atomic E-state index is 13.3. The number of nitrogens with one attached hydrogen (secondary N) is 1. The SMILES string of the molecule is O=C(NC[C@H](c1ccc(F)cc1)N1CCOCC1)c1ccccc1Br. The molecule has 1 atom stereocenters. The van der Waals surface area contributed by atoms with Gasteiger partial charge in [0.25, 0.3) is 5.91 Å². The molecule has 2 aromatic rings. The predicted octanol–water partition coefficient (Wildman–Crippen LogP) is 3.39. The fourth-order valence-corrected chi connectivity index (χ4v) is 3.43. The first kappa shape index (κ1) is 18.0. The highest BCUT2D eigenvalue weighted by Gasteiger charge is 2.23. The Kier molecular flexibility index (Phi) is 6.18. The van der Waals surface area contributed by atoms with E-state index >= 15 is 0 Å². The minimum atomic E-state index is -0.262. The molecule has 25 heavy (non-hydrogen) atoms. The van der Waals surface area contributed by atoms with Crippen molar-refractivity contribution in [2.45, 2.75) is 6.04 Å². The van der Waals surface area contributed by atoms with Crippen LogP contribution in [0.15, 0.2) is 53.0 Å². The average Bonchev–Trinajstić information content (AvgIpc) is 2.64. The molecule has 1 heterocycles. The van der Waals surface area contributed by atoms with Crippen LogP contribution in [0.3, 0.4) is 0 Å². The fourth-order valence-electron chi connectivity index (χ4n) is 2.96. The third-order valence-electron chi connectivity index (χ3n) is 4.32. The number of carbonyl (C=O) groups is 1. The van der Waals surface area contributed by atoms with Gasteiger partial charge in [-0.3, -0.25) is 9.69 Å². The number of carbonyl (C=O) groups excluding carboxylic acids is 1. The zero-order valence-corrected chi connectivity index (χ0v) is 15.3. The number of ether oxygens (including phenoxy) is 1. The molecule has 1 N–H and O–H groups in total. The standard InChI is InChI=1S/C19H20BrFN2O2/c20-17-4-2-1-3-16(17)19(24)22-13-18(23-9-11-25-12-10-23)14-5-7-15(21)8-6-14/h1-8,18H,9-13H2,(H,22,24)/t18-/m1/s1. The van der Waals surface area contributed by atoms with Crippen molar-refractivity contribution in [3.05, 3.63) is 69.9 Å². The second-order valence-corrected chi connectivity index (χ2v) is 6.76. The van der Waals surface area contributed by atoms with E-state index in [0.29, 0.717) is 25.3 Å². The third kappa shape index (κ3) is 4.66. The van der Waals surface area contributed by atoms with E-state index in [-0.39, 0.29) is 17.8 Å². The lowest BCUT2D eigenvalue weighted by molar-refractivity contribution is 0.0162. The van der Waals surface area contributed by atoms with Crippen LogP contribution in [-0.4, -0.2) is 43.7 Å². The number of nitrogens with zero attached hydrogens (tertiary/aromatic N) is 1. The molecule has 1 amide bonds. The maximum atomic E-state index is 13.3. The lowest BCUT2D eigenvalue weighted by Crippen LogP contribution is -2.43. The van der Waals surface area contributed by atoms with E-state index in [1.54, 1.807) is 18.2 Å². The Morgan fingerprint density at radius 2 is 1.84 bits per heavy atom. The van der Waals surface area contributed by atoms with Gasteiger partial charge in [-0.1, -0.05) is 24.3 Å². The molecule has 1 saturated heterocycles. The Morgan fingerprint density at radius 3 is 2.52 bits per heavy atom. The zero-order chi connectivity index (χ0) is 17.6. The molecule has 3 rings (SSSR count). The molecule has 1 fully saturated rings. The molecule has 6 heteroatoms. The largest absolute Gasteiger partial charge is 0.379 e. The zero-order valence-electron chi connectivity index (χ0n) is 13.8. The molecular formula is C19H20BrFN2O2. The van der Waals surface area contributed by atoms with Crippen molar-refractivity contribution in [2.75, 3.05) is 32.8 Å². The summed E-state index contributed by atoms with van der Waals surface area (Å²) in [5.41, 5.74) is 1.58. The van der Waals surface area contributed by atoms with Gasteiger partial charge in [-0.05, 0) is 45.8 Å². The summed E-state index contributed by atoms with van der Waals surface area (Å²) in [5, 5.41) is 3.01. The predicted molar refractivity (Wildman–Crippen MR) is 98.0 cm³/mol. The van der Waals surface area contributed by atoms with Gasteiger partial charge in [0, 0.05) is 24.1 Å². The average molecular weight is 407 g/mol. The first-order valence-corrected chi connectivity index (χ1v) is 9.04. The molecular weight excluding hydrogens is 387 g/mol. The van der Waals surface area contributed by atoms with E-state index < -0.39 is 0 Å². The molecule has 4 nitrogen and oxygen atoms in total. The lowest BCUT2D eigenvalue weighted by atomic mass is 10.0. The number of rotatable bonds is 5. The minimum Gasteiger partial charge on any atom is -0.379 e. The van der Waals surface area contributed by atoms with Gasteiger partial charge in [0.05, 0.1) is 24.8 Å². The second kappa shape index (κ2) is 8.56. The second-order valence-electron chi connectivity index (χ2n) is 5.91. The normalized spacial score (nSPS) is 16.4. The van der Waals surface area contributed by atoms with Crippen LogP contribution in [0.2, 0.25) is 0 Å². The Bertz CT molecular complexity index is 718. The molecule has 1 aliphatic rings. The summed E-state index contributed by atoms with van der Waals surface area (Å²) in [5.74, 6) is -0.394. The Hall–Kier alpha value is -1.76. The van der Waals surface area contributed by atoms with Gasteiger partial charge in [-0.25, -0.2) is 4.39 Å². The van der Waals surface area contributed by atoms with E-state index in [0.717, 1.165) is 23.1 Å². The Morgan fingerprint density at radius 1 is 1.16 bits per heavy atom. The van der Waals surface area contributed by atoms with E-state index in [1.807, 2.05) is 18.2 Å². The smallest absolute Gasteiger partial charge is 0.252 e. The fraction of sp³-hybridized carbons (Fsp3) is 0.316. The summed E-state index contributed by atoms with van der Waals surface area (Å²) in [6.45, 7) is 3.34. The van der Waals surface area contributed by atoms with Crippen LogP contribution in [0.5, 0.6) is 0 Å². The van der Waals surface area contributed by atoms with Gasteiger partial charge >= 0.3 is 0 Å². The van der Waals surface area contributed by atoms with Crippen LogP contribution < -0.4 is 5.32 Å². The summed E-state index contributed by atoms with van der Waals surface area (Å²) in [7, 11) is 0. The topological polar surface area (TPSA) is 41.6 Å². The van der Waals surface area contributed by atoms with Gasteiger partial charge in [-0.2, -0.15) is 0 Å². The monoisotopic (exact) mass is 406 g/mol. The Balaban J connectivity index is 1.74. The number of benzene rings is 2. The van der Waals surface area contributed by atoms with Crippen LogP contribution in [0.4, 0.5) is 4.39 Å². The molecule has 0 unspecified atom stereocenters. The summed E-state index contributed by atoms with van der Waals surface area (Å²) in [6, 6.07) is 13.8. The molecule has 0 aliphatic carbocycles. The van der Waals surface area contributed by atoms with E-state index in [1.165, 1.54) is 12.1 Å². The third-order valence-corrected chi connectivity index (χ3v) is 5.01. The van der Waals surface area contributed by atoms with Crippen LogP contribution in [0.1, 0.15) is 22.0 Å². The first-order valence-electron chi connectivity index (χ1n) is 8.25. The van der Waals surface area contributed by atoms with E-state index in [9.17, 15) is 9.18 Å². The number of hydrogen-bond donors (Lipinski definition) is 1. The summed E-state index contributed by atoms with van der Waals surface area (Å²) < 4.78 is 19.4. The number of morpholine rings is 1. The minimum absolute atomic E-state index is 0.0177. The molecule has 0 saturated carbocycles. The molecule has 0 radical (unpaired) electrons. The first-order chi connectivity index (χ1) is 12.1. The lowest BCUT2D eigenvalue weighted by Gasteiger charge is -2.35. The van der Waals surface area contributed by atoms with Crippen molar-refractivity contribution in [1.29, 1.82) is 0 Å². The molecule has 132 valence electrons.